The van der Waals surface area contributed by atoms with Gasteiger partial charge < -0.3 is 5.32 Å². The van der Waals surface area contributed by atoms with Gasteiger partial charge in [-0.05, 0) is 49.1 Å². The molecule has 0 fully saturated rings. The number of para-hydroxylation sites is 1. The molecule has 0 radical (unpaired) electrons. The summed E-state index contributed by atoms with van der Waals surface area (Å²) in [5.41, 5.74) is 1.02. The minimum atomic E-state index is -4.52. The van der Waals surface area contributed by atoms with E-state index in [2.05, 4.69) is 10.4 Å². The fourth-order valence-corrected chi connectivity index (χ4v) is 3.36. The van der Waals surface area contributed by atoms with Gasteiger partial charge in [0.2, 0.25) is 5.43 Å². The number of carbonyl (C=O) groups is 1. The van der Waals surface area contributed by atoms with E-state index in [1.54, 1.807) is 0 Å². The van der Waals surface area contributed by atoms with Crippen molar-refractivity contribution in [3.05, 3.63) is 86.8 Å². The van der Waals surface area contributed by atoms with Crippen molar-refractivity contribution in [2.75, 3.05) is 5.32 Å². The van der Waals surface area contributed by atoms with E-state index in [1.807, 2.05) is 32.0 Å². The van der Waals surface area contributed by atoms with Crippen molar-refractivity contribution in [3.63, 3.8) is 0 Å². The highest BCUT2D eigenvalue weighted by Crippen LogP contribution is 2.30. The van der Waals surface area contributed by atoms with E-state index >= 15 is 0 Å². The third-order valence-corrected chi connectivity index (χ3v) is 4.98. The number of nitrogens with one attached hydrogen (secondary N) is 1. The van der Waals surface area contributed by atoms with E-state index in [-0.39, 0.29) is 5.69 Å². The number of benzene rings is 2. The van der Waals surface area contributed by atoms with Crippen LogP contribution < -0.4 is 10.7 Å². The quantitative estimate of drug-likeness (QED) is 0.625. The Bertz CT molecular complexity index is 1160. The van der Waals surface area contributed by atoms with Gasteiger partial charge in [-0.3, -0.25) is 9.59 Å². The Morgan fingerprint density at radius 3 is 2.23 bits per heavy atom. The monoisotopic (exact) mass is 429 g/mol. The van der Waals surface area contributed by atoms with E-state index in [0.29, 0.717) is 24.2 Å². The SMILES string of the molecule is CCc1cccc(CC)c1NC(=O)c1nn(-c2cccc(C(F)(F)F)c2)c(C)cc1=O. The highest BCUT2D eigenvalue weighted by molar-refractivity contribution is 6.03. The number of amides is 1. The molecule has 1 aromatic heterocycles. The molecule has 3 rings (SSSR count). The first-order valence-electron chi connectivity index (χ1n) is 9.86. The molecule has 1 heterocycles. The van der Waals surface area contributed by atoms with Crippen LogP contribution in [0.3, 0.4) is 0 Å². The first-order chi connectivity index (χ1) is 14.7. The topological polar surface area (TPSA) is 64.0 Å². The Kier molecular flexibility index (Phi) is 6.29. The number of nitrogens with zero attached hydrogens (tertiary/aromatic N) is 2. The van der Waals surface area contributed by atoms with Gasteiger partial charge >= 0.3 is 6.18 Å². The van der Waals surface area contributed by atoms with E-state index in [1.165, 1.54) is 25.1 Å². The van der Waals surface area contributed by atoms with E-state index in [0.717, 1.165) is 27.9 Å². The average Bonchev–Trinajstić information content (AvgIpc) is 2.73. The van der Waals surface area contributed by atoms with Gasteiger partial charge in [-0.15, -0.1) is 0 Å². The molecule has 0 aliphatic rings. The molecule has 0 saturated carbocycles. The van der Waals surface area contributed by atoms with E-state index < -0.39 is 28.8 Å². The molecule has 0 spiro atoms. The third kappa shape index (κ3) is 4.68. The lowest BCUT2D eigenvalue weighted by Gasteiger charge is -2.16. The molecule has 31 heavy (non-hydrogen) atoms. The van der Waals surface area contributed by atoms with Crippen LogP contribution in [0.2, 0.25) is 0 Å². The van der Waals surface area contributed by atoms with Crippen LogP contribution in [0.15, 0.2) is 53.3 Å². The molecule has 3 aromatic rings. The lowest BCUT2D eigenvalue weighted by Crippen LogP contribution is -2.27. The fourth-order valence-electron chi connectivity index (χ4n) is 3.36. The highest BCUT2D eigenvalue weighted by atomic mass is 19.4. The van der Waals surface area contributed by atoms with Crippen molar-refractivity contribution in [3.8, 4) is 5.69 Å². The molecule has 162 valence electrons. The van der Waals surface area contributed by atoms with Crippen LogP contribution >= 0.6 is 0 Å². The minimum Gasteiger partial charge on any atom is -0.320 e. The molecule has 5 nitrogen and oxygen atoms in total. The standard InChI is InChI=1S/C23H22F3N3O2/c1-4-15-8-6-9-16(5-2)20(15)27-22(31)21-19(30)12-14(3)29(28-21)18-11-7-10-17(13-18)23(24,25)26/h6-13H,4-5H2,1-3H3,(H,27,31). The summed E-state index contributed by atoms with van der Waals surface area (Å²) in [6.07, 6.45) is -3.16. The first-order valence-corrected chi connectivity index (χ1v) is 9.86. The number of aryl methyl sites for hydroxylation is 3. The number of hydrogen-bond donors (Lipinski definition) is 1. The number of anilines is 1. The Labute approximate surface area is 177 Å². The molecule has 0 aliphatic carbocycles. The van der Waals surface area contributed by atoms with Crippen LogP contribution in [0.4, 0.5) is 18.9 Å². The van der Waals surface area contributed by atoms with Crippen molar-refractivity contribution in [1.29, 1.82) is 0 Å². The maximum Gasteiger partial charge on any atom is 0.416 e. The summed E-state index contributed by atoms with van der Waals surface area (Å²) in [6.45, 7) is 5.45. The summed E-state index contributed by atoms with van der Waals surface area (Å²) in [6, 6.07) is 11.4. The molecule has 0 saturated heterocycles. The molecule has 0 unspecified atom stereocenters. The second-order valence-corrected chi connectivity index (χ2v) is 7.07. The van der Waals surface area contributed by atoms with E-state index in [9.17, 15) is 22.8 Å². The summed E-state index contributed by atoms with van der Waals surface area (Å²) in [5.74, 6) is -0.707. The number of alkyl halides is 3. The Balaban J connectivity index is 2.05. The number of hydrogen-bond acceptors (Lipinski definition) is 3. The van der Waals surface area contributed by atoms with Crippen LogP contribution in [0.25, 0.3) is 5.69 Å². The molecule has 0 bridgehead atoms. The van der Waals surface area contributed by atoms with Crippen LogP contribution in [0, 0.1) is 6.92 Å². The Morgan fingerprint density at radius 2 is 1.65 bits per heavy atom. The van der Waals surface area contributed by atoms with Crippen LogP contribution in [0.1, 0.15) is 46.7 Å². The summed E-state index contributed by atoms with van der Waals surface area (Å²) in [4.78, 5) is 25.4. The molecular formula is C23H22F3N3O2. The molecule has 0 atom stereocenters. The number of rotatable bonds is 5. The number of halogens is 3. The molecular weight excluding hydrogens is 407 g/mol. The maximum absolute atomic E-state index is 13.1. The normalized spacial score (nSPS) is 11.4. The number of carbonyl (C=O) groups excluding carboxylic acids is 1. The third-order valence-electron chi connectivity index (χ3n) is 4.98. The van der Waals surface area contributed by atoms with Crippen molar-refractivity contribution in [1.82, 2.24) is 9.78 Å². The largest absolute Gasteiger partial charge is 0.416 e. The van der Waals surface area contributed by atoms with Gasteiger partial charge in [0, 0.05) is 17.4 Å². The lowest BCUT2D eigenvalue weighted by molar-refractivity contribution is -0.137. The van der Waals surface area contributed by atoms with Crippen molar-refractivity contribution < 1.29 is 18.0 Å². The van der Waals surface area contributed by atoms with Crippen LogP contribution in [0.5, 0.6) is 0 Å². The van der Waals surface area contributed by atoms with Crippen molar-refractivity contribution >= 4 is 11.6 Å². The van der Waals surface area contributed by atoms with Crippen LogP contribution in [-0.4, -0.2) is 15.7 Å². The summed E-state index contributed by atoms with van der Waals surface area (Å²) >= 11 is 0. The number of aromatic nitrogens is 2. The summed E-state index contributed by atoms with van der Waals surface area (Å²) in [5, 5.41) is 6.87. The zero-order valence-electron chi connectivity index (χ0n) is 17.4. The maximum atomic E-state index is 13.1. The average molecular weight is 429 g/mol. The zero-order chi connectivity index (χ0) is 22.8. The predicted molar refractivity (Wildman–Crippen MR) is 113 cm³/mol. The van der Waals surface area contributed by atoms with E-state index in [4.69, 9.17) is 0 Å². The smallest absolute Gasteiger partial charge is 0.320 e. The van der Waals surface area contributed by atoms with Crippen LogP contribution in [-0.2, 0) is 19.0 Å². The Hall–Kier alpha value is -3.42. The molecule has 1 amide bonds. The minimum absolute atomic E-state index is 0.101. The Morgan fingerprint density at radius 1 is 1.03 bits per heavy atom. The second-order valence-electron chi connectivity index (χ2n) is 7.07. The summed E-state index contributed by atoms with van der Waals surface area (Å²) < 4.78 is 40.5. The van der Waals surface area contributed by atoms with Gasteiger partial charge in [-0.1, -0.05) is 38.1 Å². The molecule has 2 aromatic carbocycles. The van der Waals surface area contributed by atoms with Gasteiger partial charge in [0.05, 0.1) is 11.3 Å². The van der Waals surface area contributed by atoms with Crippen molar-refractivity contribution in [2.45, 2.75) is 39.8 Å². The van der Waals surface area contributed by atoms with Gasteiger partial charge in [-0.25, -0.2) is 4.68 Å². The lowest BCUT2D eigenvalue weighted by atomic mass is 10.0. The first kappa shape index (κ1) is 22.3. The van der Waals surface area contributed by atoms with Gasteiger partial charge in [0.1, 0.15) is 0 Å². The van der Waals surface area contributed by atoms with Gasteiger partial charge in [0.25, 0.3) is 5.91 Å². The highest BCUT2D eigenvalue weighted by Gasteiger charge is 2.30. The zero-order valence-corrected chi connectivity index (χ0v) is 17.4. The second kappa shape index (κ2) is 8.75. The predicted octanol–water partition coefficient (Wildman–Crippen LogP) is 4.94. The summed E-state index contributed by atoms with van der Waals surface area (Å²) in [7, 11) is 0. The van der Waals surface area contributed by atoms with Gasteiger partial charge in [-0.2, -0.15) is 18.3 Å². The molecule has 1 N–H and O–H groups in total. The molecule has 0 aliphatic heterocycles. The van der Waals surface area contributed by atoms with Gasteiger partial charge in [0.15, 0.2) is 5.69 Å². The molecule has 8 heteroatoms. The fraction of sp³-hybridized carbons (Fsp3) is 0.261. The van der Waals surface area contributed by atoms with Crippen molar-refractivity contribution in [2.24, 2.45) is 0 Å².